The fourth-order valence-corrected chi connectivity index (χ4v) is 3.74. The van der Waals surface area contributed by atoms with Crippen LogP contribution in [0.5, 0.6) is 0 Å². The minimum absolute atomic E-state index is 0. The first kappa shape index (κ1) is 24.5. The van der Waals surface area contributed by atoms with E-state index in [1.807, 2.05) is 4.68 Å². The minimum Gasteiger partial charge on any atom is -0.377 e. The van der Waals surface area contributed by atoms with Crippen molar-refractivity contribution in [3.63, 3.8) is 0 Å². The maximum Gasteiger partial charge on any atom is 0.238 e. The van der Waals surface area contributed by atoms with Crippen molar-refractivity contribution in [1.29, 1.82) is 0 Å². The quantitative estimate of drug-likeness (QED) is 0.259. The van der Waals surface area contributed by atoms with Crippen LogP contribution >= 0.6 is 24.0 Å². The van der Waals surface area contributed by atoms with E-state index in [-0.39, 0.29) is 34.9 Å². The smallest absolute Gasteiger partial charge is 0.238 e. The van der Waals surface area contributed by atoms with Crippen LogP contribution in [0.25, 0.3) is 0 Å². The molecule has 0 aliphatic carbocycles. The van der Waals surface area contributed by atoms with Gasteiger partial charge in [-0.05, 0) is 30.5 Å². The number of nitrogens with one attached hydrogen (secondary N) is 2. The third-order valence-electron chi connectivity index (χ3n) is 4.70. The summed E-state index contributed by atoms with van der Waals surface area (Å²) in [6.45, 7) is 1.80. The average Bonchev–Trinajstić information content (AvgIpc) is 3.09. The van der Waals surface area contributed by atoms with Crippen molar-refractivity contribution in [1.82, 2.24) is 25.4 Å². The first-order valence-electron chi connectivity index (χ1n) is 9.39. The molecule has 0 bridgehead atoms. The van der Waals surface area contributed by atoms with Gasteiger partial charge in [0.2, 0.25) is 10.0 Å². The van der Waals surface area contributed by atoms with Gasteiger partial charge < -0.3 is 15.4 Å². The second-order valence-electron chi connectivity index (χ2n) is 6.88. The Morgan fingerprint density at radius 1 is 1.37 bits per heavy atom. The number of hydrogen-bond acceptors (Lipinski definition) is 6. The van der Waals surface area contributed by atoms with Crippen LogP contribution in [0.3, 0.4) is 0 Å². The number of sulfonamides is 1. The Bertz CT molecular complexity index is 961. The Labute approximate surface area is 193 Å². The minimum atomic E-state index is -3.66. The molecular formula is C18H28IN7O3S. The predicted octanol–water partition coefficient (Wildman–Crippen LogP) is 0.412. The van der Waals surface area contributed by atoms with Crippen molar-refractivity contribution in [2.45, 2.75) is 43.4 Å². The lowest BCUT2D eigenvalue weighted by Gasteiger charge is -2.25. The number of aromatic nitrogens is 3. The molecule has 2 aromatic rings. The zero-order valence-corrected chi connectivity index (χ0v) is 20.2. The number of aryl methyl sites for hydroxylation is 1. The molecule has 3 rings (SSSR count). The molecule has 166 valence electrons. The zero-order chi connectivity index (χ0) is 20.9. The summed E-state index contributed by atoms with van der Waals surface area (Å²) in [5, 5.41) is 16.3. The molecule has 0 amide bonds. The van der Waals surface area contributed by atoms with Gasteiger partial charge in [0.05, 0.1) is 11.4 Å². The van der Waals surface area contributed by atoms with E-state index in [9.17, 15) is 8.42 Å². The van der Waals surface area contributed by atoms with Crippen LogP contribution < -0.4 is 15.8 Å². The van der Waals surface area contributed by atoms with Crippen LogP contribution in [-0.4, -0.2) is 55.9 Å². The van der Waals surface area contributed by atoms with Gasteiger partial charge in [-0.15, -0.1) is 24.0 Å². The molecule has 30 heavy (non-hydrogen) atoms. The number of primary sulfonamides is 1. The first-order chi connectivity index (χ1) is 13.9. The molecule has 2 heterocycles. The highest BCUT2D eigenvalue weighted by Gasteiger charge is 2.22. The Kier molecular flexibility index (Phi) is 9.00. The molecule has 0 saturated heterocycles. The molecule has 0 radical (unpaired) electrons. The van der Waals surface area contributed by atoms with Gasteiger partial charge in [0, 0.05) is 33.2 Å². The predicted molar refractivity (Wildman–Crippen MR) is 124 cm³/mol. The molecule has 1 unspecified atom stereocenters. The molecule has 1 aromatic heterocycles. The fraction of sp³-hybridized carbons (Fsp3) is 0.500. The van der Waals surface area contributed by atoms with E-state index in [4.69, 9.17) is 9.88 Å². The summed E-state index contributed by atoms with van der Waals surface area (Å²) >= 11 is 0. The van der Waals surface area contributed by atoms with E-state index >= 15 is 0 Å². The summed E-state index contributed by atoms with van der Waals surface area (Å²) in [7, 11) is -0.294. The van der Waals surface area contributed by atoms with Crippen molar-refractivity contribution < 1.29 is 13.2 Å². The molecule has 1 aromatic carbocycles. The van der Waals surface area contributed by atoms with Crippen molar-refractivity contribution in [3.8, 4) is 0 Å². The monoisotopic (exact) mass is 549 g/mol. The summed E-state index contributed by atoms with van der Waals surface area (Å²) in [5.74, 6) is 2.41. The van der Waals surface area contributed by atoms with Crippen LogP contribution in [0.1, 0.15) is 23.6 Å². The molecule has 10 nitrogen and oxygen atoms in total. The lowest BCUT2D eigenvalue weighted by atomic mass is 10.1. The summed E-state index contributed by atoms with van der Waals surface area (Å²) in [6.07, 6.45) is 2.52. The zero-order valence-electron chi connectivity index (χ0n) is 17.0. The number of rotatable bonds is 7. The standard InChI is InChI=1S/C18H27N7O3S.HI/c1-20-18(21-10-9-13-3-6-15(7-4-13)29(19,26)27)22-14-5-8-17-23-16(12-28-2)24-25(17)11-14;/h3-4,6-7,14H,5,8-12H2,1-2H3,(H2,19,26,27)(H2,20,21,22);1H. The Hall–Kier alpha value is -1.77. The van der Waals surface area contributed by atoms with E-state index in [2.05, 4.69) is 25.7 Å². The average molecular weight is 549 g/mol. The van der Waals surface area contributed by atoms with E-state index in [1.54, 1.807) is 26.3 Å². The molecule has 1 aliphatic rings. The summed E-state index contributed by atoms with van der Waals surface area (Å²) in [4.78, 5) is 8.89. The largest absolute Gasteiger partial charge is 0.377 e. The SMILES string of the molecule is CN=C(NCCc1ccc(S(N)(=O)=O)cc1)NC1CCc2nc(COC)nn2C1.I. The number of ether oxygens (including phenoxy) is 1. The number of benzene rings is 1. The van der Waals surface area contributed by atoms with Crippen molar-refractivity contribution in [3.05, 3.63) is 41.5 Å². The van der Waals surface area contributed by atoms with Crippen LogP contribution in [0, 0.1) is 0 Å². The lowest BCUT2D eigenvalue weighted by Crippen LogP contribution is -2.47. The van der Waals surface area contributed by atoms with E-state index < -0.39 is 10.0 Å². The Morgan fingerprint density at radius 3 is 2.73 bits per heavy atom. The maximum atomic E-state index is 11.3. The van der Waals surface area contributed by atoms with Gasteiger partial charge in [-0.25, -0.2) is 23.2 Å². The number of aliphatic imine (C=N–C) groups is 1. The molecule has 0 saturated carbocycles. The van der Waals surface area contributed by atoms with Gasteiger partial charge >= 0.3 is 0 Å². The summed E-state index contributed by atoms with van der Waals surface area (Å²) in [6, 6.07) is 6.78. The maximum absolute atomic E-state index is 11.3. The highest BCUT2D eigenvalue weighted by Crippen LogP contribution is 2.13. The first-order valence-corrected chi connectivity index (χ1v) is 10.9. The highest BCUT2D eigenvalue weighted by molar-refractivity contribution is 14.0. The second-order valence-corrected chi connectivity index (χ2v) is 8.44. The van der Waals surface area contributed by atoms with Crippen LogP contribution in [0.4, 0.5) is 0 Å². The van der Waals surface area contributed by atoms with Gasteiger partial charge in [0.25, 0.3) is 0 Å². The number of guanidine groups is 1. The van der Waals surface area contributed by atoms with Crippen molar-refractivity contribution in [2.75, 3.05) is 20.7 Å². The second kappa shape index (κ2) is 11.0. The lowest BCUT2D eigenvalue weighted by molar-refractivity contribution is 0.177. The third-order valence-corrected chi connectivity index (χ3v) is 5.63. The Morgan fingerprint density at radius 2 is 2.10 bits per heavy atom. The van der Waals surface area contributed by atoms with Gasteiger partial charge in [-0.3, -0.25) is 4.99 Å². The molecule has 1 aliphatic heterocycles. The van der Waals surface area contributed by atoms with E-state index in [0.717, 1.165) is 43.2 Å². The molecule has 4 N–H and O–H groups in total. The van der Waals surface area contributed by atoms with Crippen LogP contribution in [-0.2, 0) is 40.8 Å². The van der Waals surface area contributed by atoms with E-state index in [0.29, 0.717) is 19.0 Å². The normalized spacial score (nSPS) is 16.5. The van der Waals surface area contributed by atoms with Gasteiger partial charge in [0.1, 0.15) is 12.4 Å². The molecule has 0 spiro atoms. The third kappa shape index (κ3) is 6.62. The molecule has 1 atom stereocenters. The van der Waals surface area contributed by atoms with Crippen LogP contribution in [0.15, 0.2) is 34.2 Å². The Balaban J connectivity index is 0.00000320. The number of halogens is 1. The van der Waals surface area contributed by atoms with Gasteiger partial charge in [-0.2, -0.15) is 5.10 Å². The van der Waals surface area contributed by atoms with E-state index in [1.165, 1.54) is 12.1 Å². The number of nitrogens with zero attached hydrogens (tertiary/aromatic N) is 4. The van der Waals surface area contributed by atoms with Crippen LogP contribution in [0.2, 0.25) is 0 Å². The van der Waals surface area contributed by atoms with Gasteiger partial charge in [0.15, 0.2) is 11.8 Å². The highest BCUT2D eigenvalue weighted by atomic mass is 127. The number of fused-ring (bicyclic) bond motifs is 1. The topological polar surface area (TPSA) is 137 Å². The number of methoxy groups -OCH3 is 1. The fourth-order valence-electron chi connectivity index (χ4n) is 3.23. The molecule has 12 heteroatoms. The summed E-state index contributed by atoms with van der Waals surface area (Å²) < 4.78 is 29.6. The number of hydrogen-bond donors (Lipinski definition) is 3. The van der Waals surface area contributed by atoms with Crippen molar-refractivity contribution >= 4 is 40.0 Å². The van der Waals surface area contributed by atoms with Crippen molar-refractivity contribution in [2.24, 2.45) is 10.1 Å². The molecular weight excluding hydrogens is 521 g/mol. The molecule has 0 fully saturated rings. The summed E-state index contributed by atoms with van der Waals surface area (Å²) in [5.41, 5.74) is 1.01. The van der Waals surface area contributed by atoms with Gasteiger partial charge in [-0.1, -0.05) is 12.1 Å². The number of nitrogens with two attached hydrogens (primary N) is 1.